The Morgan fingerprint density at radius 2 is 1.07 bits per heavy atom. The number of anilines is 2. The fraction of sp³-hybridized carbons (Fsp3) is 0.250. The van der Waals surface area contributed by atoms with Gasteiger partial charge < -0.3 is 25.5 Å². The number of thiophene rings is 2. The largest absolute Gasteiger partial charge is 0.506 e. The van der Waals surface area contributed by atoms with Crippen LogP contribution in [0.15, 0.2) is 124 Å². The number of rotatable bonds is 12. The molecule has 0 radical (unpaired) electrons. The van der Waals surface area contributed by atoms with E-state index in [0.717, 1.165) is 45.9 Å². The summed E-state index contributed by atoms with van der Waals surface area (Å²) < 4.78 is 94.4. The highest BCUT2D eigenvalue weighted by molar-refractivity contribution is 7.91. The molecule has 0 bridgehead atoms. The number of amides is 2. The summed E-state index contributed by atoms with van der Waals surface area (Å²) in [6.07, 6.45) is -3.38. The van der Waals surface area contributed by atoms with Gasteiger partial charge in [-0.15, -0.1) is 22.7 Å². The van der Waals surface area contributed by atoms with Gasteiger partial charge in [-0.3, -0.25) is 9.59 Å². The van der Waals surface area contributed by atoms with Crippen LogP contribution in [0.1, 0.15) is 36.0 Å². The number of alkyl halides is 3. The number of aromatic nitrogens is 1. The second-order valence-electron chi connectivity index (χ2n) is 15.0. The van der Waals surface area contributed by atoms with Crippen molar-refractivity contribution < 1.29 is 44.7 Å². The first kappa shape index (κ1) is 49.6. The van der Waals surface area contributed by atoms with Crippen LogP contribution >= 0.6 is 45.9 Å². The SMILES string of the molecule is O=C(NCc1ccc(S(=O)(=O)N2CCN(c3cc(C(F)(F)F)ccn3)CC2)s1)c1ccc(Cl)cc1.O=C(NCc1ccc(S(=O)(=O)N2CCN(c3ccccc3O)CC2)s1)c1ccc(Cl)cc1. The molecule has 2 amide bonds. The number of phenols is 1. The lowest BCUT2D eigenvalue weighted by atomic mass is 10.2. The Morgan fingerprint density at radius 3 is 1.52 bits per heavy atom. The van der Waals surface area contributed by atoms with Gasteiger partial charge >= 0.3 is 6.18 Å². The number of benzene rings is 3. The molecule has 67 heavy (non-hydrogen) atoms. The minimum atomic E-state index is -4.48. The second kappa shape index (κ2) is 21.4. The first-order chi connectivity index (χ1) is 31.9. The van der Waals surface area contributed by atoms with Gasteiger partial charge in [0.25, 0.3) is 31.9 Å². The van der Waals surface area contributed by atoms with Gasteiger partial charge in [0.05, 0.1) is 24.3 Å². The zero-order chi connectivity index (χ0) is 47.9. The van der Waals surface area contributed by atoms with Crippen molar-refractivity contribution in [2.75, 3.05) is 62.2 Å². The number of aromatic hydroxyl groups is 1. The van der Waals surface area contributed by atoms with E-state index in [1.807, 2.05) is 17.0 Å². The first-order valence-corrected chi connectivity index (χ1v) is 25.7. The maximum absolute atomic E-state index is 13.1. The predicted octanol–water partition coefficient (Wildman–Crippen LogP) is 7.80. The highest BCUT2D eigenvalue weighted by atomic mass is 35.5. The van der Waals surface area contributed by atoms with Gasteiger partial charge in [-0.1, -0.05) is 35.3 Å². The van der Waals surface area contributed by atoms with E-state index in [1.54, 1.807) is 83.8 Å². The lowest BCUT2D eigenvalue weighted by molar-refractivity contribution is -0.137. The summed E-state index contributed by atoms with van der Waals surface area (Å²) in [5.41, 5.74) is 0.833. The first-order valence-electron chi connectivity index (χ1n) is 20.4. The van der Waals surface area contributed by atoms with Crippen LogP contribution in [-0.2, 0) is 39.3 Å². The Kier molecular flexibility index (Phi) is 15.8. The number of carbonyl (C=O) groups is 2. The van der Waals surface area contributed by atoms with Crippen molar-refractivity contribution in [3.8, 4) is 5.75 Å². The number of hydrogen-bond donors (Lipinski definition) is 3. The Morgan fingerprint density at radius 1 is 0.627 bits per heavy atom. The van der Waals surface area contributed by atoms with Crippen LogP contribution in [0.4, 0.5) is 24.7 Å². The lowest BCUT2D eigenvalue weighted by Crippen LogP contribution is -2.48. The van der Waals surface area contributed by atoms with Gasteiger partial charge in [0.1, 0.15) is 20.0 Å². The summed E-state index contributed by atoms with van der Waals surface area (Å²) in [5, 5.41) is 16.6. The van der Waals surface area contributed by atoms with Gasteiger partial charge in [-0.2, -0.15) is 21.8 Å². The third-order valence-electron chi connectivity index (χ3n) is 10.6. The van der Waals surface area contributed by atoms with Crippen LogP contribution in [0, 0.1) is 0 Å². The molecule has 3 N–H and O–H groups in total. The predicted molar refractivity (Wildman–Crippen MR) is 253 cm³/mol. The average molecular weight is 1040 g/mol. The summed E-state index contributed by atoms with van der Waals surface area (Å²) in [6.45, 7) is 2.69. The zero-order valence-electron chi connectivity index (χ0n) is 35.2. The number of phenolic OH excluding ortho intramolecular Hbond substituents is 1. The lowest BCUT2D eigenvalue weighted by Gasteiger charge is -2.35. The smallest absolute Gasteiger partial charge is 0.416 e. The molecule has 23 heteroatoms. The molecule has 5 heterocycles. The van der Waals surface area contributed by atoms with Crippen LogP contribution in [0.25, 0.3) is 0 Å². The van der Waals surface area contributed by atoms with E-state index >= 15 is 0 Å². The summed E-state index contributed by atoms with van der Waals surface area (Å²) in [5.74, 6) is -0.211. The fourth-order valence-corrected chi connectivity index (χ4v) is 13.0. The van der Waals surface area contributed by atoms with Crippen LogP contribution < -0.4 is 20.4 Å². The topological polar surface area (TPSA) is 173 Å². The molecule has 3 aromatic heterocycles. The quantitative estimate of drug-likeness (QED) is 0.110. The molecule has 2 fully saturated rings. The third kappa shape index (κ3) is 12.5. The maximum atomic E-state index is 13.1. The van der Waals surface area contributed by atoms with Crippen molar-refractivity contribution >= 4 is 89.2 Å². The normalized spacial score (nSPS) is 15.1. The van der Waals surface area contributed by atoms with E-state index in [2.05, 4.69) is 15.6 Å². The number of pyridine rings is 1. The van der Waals surface area contributed by atoms with Crippen molar-refractivity contribution in [3.63, 3.8) is 0 Å². The highest BCUT2D eigenvalue weighted by Crippen LogP contribution is 2.33. The summed E-state index contributed by atoms with van der Waals surface area (Å²) in [7, 11) is -7.39. The number of nitrogens with one attached hydrogen (secondary N) is 2. The third-order valence-corrected chi connectivity index (χ3v) is 18.0. The number of para-hydroxylation sites is 2. The monoisotopic (exact) mass is 1040 g/mol. The Labute approximate surface area is 403 Å². The van der Waals surface area contributed by atoms with Crippen molar-refractivity contribution in [1.82, 2.24) is 24.2 Å². The summed E-state index contributed by atoms with van der Waals surface area (Å²) in [6, 6.07) is 28.3. The van der Waals surface area contributed by atoms with Crippen molar-refractivity contribution in [2.45, 2.75) is 27.7 Å². The van der Waals surface area contributed by atoms with Gasteiger partial charge in [0.2, 0.25) is 0 Å². The number of sulfonamides is 2. The van der Waals surface area contributed by atoms with E-state index in [1.165, 1.54) is 14.7 Å². The molecule has 0 atom stereocenters. The van der Waals surface area contributed by atoms with Crippen LogP contribution in [-0.4, -0.2) is 99.7 Å². The standard InChI is InChI=1S/C22H20ClF3N4O3S2.C22H22ClN3O4S2/c23-17-3-1-15(2-4-17)21(31)28-14-18-5-6-20(34-18)35(32,33)30-11-9-29(10-12-30)19-13-16(7-8-27-19)22(24,25)26;23-17-7-5-16(6-8-17)22(28)24-15-18-9-10-21(31-18)32(29,30)26-13-11-25(12-14-26)19-3-1-2-4-20(19)27/h1-8,13H,9-12,14H2,(H,28,31);1-10,27H,11-15H2,(H,24,28). The van der Waals surface area contributed by atoms with Crippen LogP contribution in [0.3, 0.4) is 0 Å². The number of carbonyl (C=O) groups excluding carboxylic acids is 2. The molecule has 0 spiro atoms. The van der Waals surface area contributed by atoms with Gasteiger partial charge in [-0.05, 0) is 97.1 Å². The van der Waals surface area contributed by atoms with Crippen LogP contribution in [0.5, 0.6) is 5.75 Å². The average Bonchev–Trinajstić information content (AvgIpc) is 4.03. The van der Waals surface area contributed by atoms with E-state index < -0.39 is 31.8 Å². The van der Waals surface area contributed by atoms with Gasteiger partial charge in [0, 0.05) is 89.5 Å². The van der Waals surface area contributed by atoms with Crippen molar-refractivity contribution in [1.29, 1.82) is 0 Å². The Hall–Kier alpha value is -5.26. The molecular weight excluding hydrogens is 995 g/mol. The maximum Gasteiger partial charge on any atom is 0.416 e. The molecule has 3 aromatic carbocycles. The van der Waals surface area contributed by atoms with Crippen LogP contribution in [0.2, 0.25) is 10.0 Å². The van der Waals surface area contributed by atoms with Gasteiger partial charge in [0.15, 0.2) is 0 Å². The molecular formula is C44H42Cl2F3N7O7S4. The number of piperazine rings is 2. The highest BCUT2D eigenvalue weighted by Gasteiger charge is 2.34. The van der Waals surface area contributed by atoms with Crippen molar-refractivity contribution in [3.05, 3.63) is 152 Å². The molecule has 0 unspecified atom stereocenters. The minimum Gasteiger partial charge on any atom is -0.506 e. The molecule has 8 rings (SSSR count). The minimum absolute atomic E-state index is 0.112. The number of halogens is 5. The molecule has 14 nitrogen and oxygen atoms in total. The fourth-order valence-electron chi connectivity index (χ4n) is 7.01. The second-order valence-corrected chi connectivity index (χ2v) is 22.5. The molecule has 2 aliphatic rings. The molecule has 2 saturated heterocycles. The Balaban J connectivity index is 0.000000200. The molecule has 2 aliphatic heterocycles. The molecule has 6 aromatic rings. The molecule has 354 valence electrons. The van der Waals surface area contributed by atoms with Gasteiger partial charge in [-0.25, -0.2) is 21.8 Å². The van der Waals surface area contributed by atoms with E-state index in [4.69, 9.17) is 23.2 Å². The number of hydrogen-bond acceptors (Lipinski definition) is 12. The van der Waals surface area contributed by atoms with E-state index in [9.17, 15) is 44.7 Å². The molecule has 0 aliphatic carbocycles. The van der Waals surface area contributed by atoms with E-state index in [0.29, 0.717) is 57.9 Å². The molecule has 0 saturated carbocycles. The Bertz CT molecular complexity index is 2910. The number of nitrogens with zero attached hydrogens (tertiary/aromatic N) is 5. The van der Waals surface area contributed by atoms with E-state index in [-0.39, 0.29) is 71.1 Å². The zero-order valence-corrected chi connectivity index (χ0v) is 40.0. The summed E-state index contributed by atoms with van der Waals surface area (Å²) in [4.78, 5) is 33.5. The summed E-state index contributed by atoms with van der Waals surface area (Å²) >= 11 is 13.9. The van der Waals surface area contributed by atoms with Crippen molar-refractivity contribution in [2.24, 2.45) is 0 Å².